The van der Waals surface area contributed by atoms with Crippen molar-refractivity contribution in [3.05, 3.63) is 30.3 Å². The van der Waals surface area contributed by atoms with Crippen LogP contribution in [0.5, 0.6) is 0 Å². The van der Waals surface area contributed by atoms with Gasteiger partial charge in [0.2, 0.25) is 5.91 Å². The number of amides is 1. The smallest absolute Gasteiger partial charge is 0.241 e. The summed E-state index contributed by atoms with van der Waals surface area (Å²) in [5.41, 5.74) is 0. The molecular formula is C19H29ClN2O3S2. The Kier molecular flexibility index (Phi) is 7.64. The highest BCUT2D eigenvalue weighted by Crippen LogP contribution is 2.45. The molecule has 27 heavy (non-hydrogen) atoms. The summed E-state index contributed by atoms with van der Waals surface area (Å²) in [6.45, 7) is 1.64. The zero-order valence-electron chi connectivity index (χ0n) is 15.7. The van der Waals surface area contributed by atoms with E-state index in [1.807, 2.05) is 30.0 Å². The summed E-state index contributed by atoms with van der Waals surface area (Å²) in [7, 11) is -3.47. The van der Waals surface area contributed by atoms with Crippen LogP contribution in [0, 0.1) is 0 Å². The molecule has 1 saturated heterocycles. The minimum atomic E-state index is -3.47. The number of hydrogen-bond acceptors (Lipinski definition) is 5. The van der Waals surface area contributed by atoms with Crippen LogP contribution in [0.1, 0.15) is 38.5 Å². The standard InChI is InChI=1S/C19H28N2O3S2.ClH/c1-26(23,24)19(11-13-20-14-12-19)17(22)21-15-18(9-5-6-10-18)25-16-7-3-2-4-8-16;/h2-4,7-8,20H,5-6,9-15H2,1H3,(H,21,22);1H. The van der Waals surface area contributed by atoms with Crippen molar-refractivity contribution in [2.75, 3.05) is 25.9 Å². The second-order valence-corrected chi connectivity index (χ2v) is 11.4. The Labute approximate surface area is 172 Å². The summed E-state index contributed by atoms with van der Waals surface area (Å²) in [6.07, 6.45) is 6.27. The molecule has 0 unspecified atom stereocenters. The van der Waals surface area contributed by atoms with Gasteiger partial charge in [-0.05, 0) is 50.9 Å². The van der Waals surface area contributed by atoms with Crippen LogP contribution in [0.3, 0.4) is 0 Å². The Morgan fingerprint density at radius 3 is 2.26 bits per heavy atom. The maximum atomic E-state index is 13.0. The van der Waals surface area contributed by atoms with Gasteiger partial charge in [0.05, 0.1) is 0 Å². The monoisotopic (exact) mass is 432 g/mol. The van der Waals surface area contributed by atoms with Crippen molar-refractivity contribution < 1.29 is 13.2 Å². The van der Waals surface area contributed by atoms with Crippen LogP contribution < -0.4 is 10.6 Å². The zero-order chi connectivity index (χ0) is 18.7. The summed E-state index contributed by atoms with van der Waals surface area (Å²) in [5.74, 6) is -0.318. The first-order chi connectivity index (χ1) is 12.4. The minimum absolute atomic E-state index is 0. The third kappa shape index (κ3) is 5.00. The normalized spacial score (nSPS) is 21.2. The molecule has 3 rings (SSSR count). The van der Waals surface area contributed by atoms with Gasteiger partial charge in [0.1, 0.15) is 0 Å². The van der Waals surface area contributed by atoms with Gasteiger partial charge in [-0.25, -0.2) is 8.42 Å². The first-order valence-electron chi connectivity index (χ1n) is 9.30. The van der Waals surface area contributed by atoms with Gasteiger partial charge < -0.3 is 10.6 Å². The Bertz CT molecular complexity index is 729. The fraction of sp³-hybridized carbons (Fsp3) is 0.632. The van der Waals surface area contributed by atoms with Gasteiger partial charge in [0.15, 0.2) is 14.6 Å². The maximum Gasteiger partial charge on any atom is 0.241 e. The van der Waals surface area contributed by atoms with E-state index in [4.69, 9.17) is 0 Å². The molecule has 0 spiro atoms. The lowest BCUT2D eigenvalue weighted by molar-refractivity contribution is -0.124. The molecule has 1 aromatic rings. The van der Waals surface area contributed by atoms with Gasteiger partial charge in [-0.3, -0.25) is 4.79 Å². The molecule has 2 fully saturated rings. The highest BCUT2D eigenvalue weighted by atomic mass is 35.5. The third-order valence-corrected chi connectivity index (χ3v) is 9.20. The van der Waals surface area contributed by atoms with Gasteiger partial charge in [-0.1, -0.05) is 31.0 Å². The molecule has 1 heterocycles. The number of piperidine rings is 1. The van der Waals surface area contributed by atoms with Crippen molar-refractivity contribution in [1.29, 1.82) is 0 Å². The average Bonchev–Trinajstić information content (AvgIpc) is 3.09. The van der Waals surface area contributed by atoms with Gasteiger partial charge >= 0.3 is 0 Å². The van der Waals surface area contributed by atoms with Gasteiger partial charge in [-0.15, -0.1) is 24.2 Å². The van der Waals surface area contributed by atoms with Crippen LogP contribution in [-0.4, -0.2) is 49.7 Å². The van der Waals surface area contributed by atoms with E-state index < -0.39 is 14.6 Å². The van der Waals surface area contributed by atoms with Crippen LogP contribution in [0.15, 0.2) is 35.2 Å². The van der Waals surface area contributed by atoms with Crippen molar-refractivity contribution in [1.82, 2.24) is 10.6 Å². The quantitative estimate of drug-likeness (QED) is 0.722. The molecule has 0 radical (unpaired) electrons. The summed E-state index contributed by atoms with van der Waals surface area (Å²) in [4.78, 5) is 14.2. The minimum Gasteiger partial charge on any atom is -0.353 e. The van der Waals surface area contributed by atoms with Gasteiger partial charge in [0, 0.05) is 22.4 Å². The number of halogens is 1. The SMILES string of the molecule is CS(=O)(=O)C1(C(=O)NCC2(Sc3ccccc3)CCCC2)CCNCC1.Cl. The van der Waals surface area contributed by atoms with Crippen molar-refractivity contribution >= 4 is 39.9 Å². The topological polar surface area (TPSA) is 75.3 Å². The zero-order valence-corrected chi connectivity index (χ0v) is 18.1. The number of carbonyl (C=O) groups is 1. The Morgan fingerprint density at radius 1 is 1.11 bits per heavy atom. The first kappa shape index (κ1) is 22.5. The molecule has 1 aliphatic carbocycles. The van der Waals surface area contributed by atoms with Crippen LogP contribution >= 0.6 is 24.2 Å². The lowest BCUT2D eigenvalue weighted by Gasteiger charge is -2.36. The molecule has 0 aromatic heterocycles. The van der Waals surface area contributed by atoms with Gasteiger partial charge in [-0.2, -0.15) is 0 Å². The molecule has 0 atom stereocenters. The molecule has 1 aromatic carbocycles. The fourth-order valence-electron chi connectivity index (χ4n) is 4.07. The van der Waals surface area contributed by atoms with Crippen LogP contribution in [0.4, 0.5) is 0 Å². The summed E-state index contributed by atoms with van der Waals surface area (Å²) >= 11 is 1.82. The van der Waals surface area contributed by atoms with Crippen molar-refractivity contribution in [2.24, 2.45) is 0 Å². The van der Waals surface area contributed by atoms with E-state index in [2.05, 4.69) is 22.8 Å². The molecule has 5 nitrogen and oxygen atoms in total. The van der Waals surface area contributed by atoms with Crippen molar-refractivity contribution in [3.8, 4) is 0 Å². The van der Waals surface area contributed by atoms with Crippen molar-refractivity contribution in [3.63, 3.8) is 0 Å². The largest absolute Gasteiger partial charge is 0.353 e. The summed E-state index contributed by atoms with van der Waals surface area (Å²) in [5, 5.41) is 6.19. The van der Waals surface area contributed by atoms with E-state index in [0.717, 1.165) is 25.7 Å². The number of rotatable bonds is 6. The molecule has 0 bridgehead atoms. The highest BCUT2D eigenvalue weighted by molar-refractivity contribution is 8.00. The fourth-order valence-corrected chi connectivity index (χ4v) is 6.86. The molecule has 8 heteroatoms. The molecule has 2 N–H and O–H groups in total. The Morgan fingerprint density at radius 2 is 1.70 bits per heavy atom. The highest BCUT2D eigenvalue weighted by Gasteiger charge is 2.49. The molecular weight excluding hydrogens is 404 g/mol. The lowest BCUT2D eigenvalue weighted by atomic mass is 9.95. The Hall–Kier alpha value is -0.760. The van der Waals surface area contributed by atoms with E-state index in [1.165, 1.54) is 11.2 Å². The number of carbonyl (C=O) groups excluding carboxylic acids is 1. The maximum absolute atomic E-state index is 13.0. The number of nitrogens with one attached hydrogen (secondary N) is 2. The summed E-state index contributed by atoms with van der Waals surface area (Å²) < 4.78 is 23.5. The second kappa shape index (κ2) is 9.16. The van der Waals surface area contributed by atoms with E-state index in [0.29, 0.717) is 32.5 Å². The molecule has 1 aliphatic heterocycles. The average molecular weight is 433 g/mol. The Balaban J connectivity index is 0.00000261. The predicted octanol–water partition coefficient (Wildman–Crippen LogP) is 2.80. The second-order valence-electron chi connectivity index (χ2n) is 7.50. The summed E-state index contributed by atoms with van der Waals surface area (Å²) in [6, 6.07) is 10.2. The third-order valence-electron chi connectivity index (χ3n) is 5.70. The van der Waals surface area contributed by atoms with E-state index in [9.17, 15) is 13.2 Å². The van der Waals surface area contributed by atoms with Crippen LogP contribution in [0.2, 0.25) is 0 Å². The number of sulfone groups is 1. The van der Waals surface area contributed by atoms with E-state index in [-0.39, 0.29) is 23.1 Å². The predicted molar refractivity (Wildman–Crippen MR) is 113 cm³/mol. The number of thioether (sulfide) groups is 1. The van der Waals surface area contributed by atoms with Crippen LogP contribution in [0.25, 0.3) is 0 Å². The molecule has 2 aliphatic rings. The lowest BCUT2D eigenvalue weighted by Crippen LogP contribution is -2.58. The number of hydrogen-bond donors (Lipinski definition) is 2. The van der Waals surface area contributed by atoms with Gasteiger partial charge in [0.25, 0.3) is 0 Å². The van der Waals surface area contributed by atoms with Crippen molar-refractivity contribution in [2.45, 2.75) is 52.9 Å². The van der Waals surface area contributed by atoms with Crippen LogP contribution in [-0.2, 0) is 14.6 Å². The van der Waals surface area contributed by atoms with E-state index >= 15 is 0 Å². The molecule has 1 amide bonds. The molecule has 152 valence electrons. The first-order valence-corrected chi connectivity index (χ1v) is 12.0. The van der Waals surface area contributed by atoms with E-state index in [1.54, 1.807) is 0 Å². The number of benzene rings is 1. The molecule has 1 saturated carbocycles.